The SMILES string of the molecule is COc1ccc([C@@H]2OC[C@H]3O[C@H](OC)[C@H](OC(C)=O)[C@@H](OC(C)=O)[C@@H]3O2)cc1. The highest BCUT2D eigenvalue weighted by Crippen LogP contribution is 2.36. The molecule has 0 saturated carbocycles. The molecule has 154 valence electrons. The van der Waals surface area contributed by atoms with Crippen LogP contribution in [0.5, 0.6) is 5.75 Å². The Morgan fingerprint density at radius 1 is 0.964 bits per heavy atom. The number of ether oxygens (including phenoxy) is 7. The fourth-order valence-corrected chi connectivity index (χ4v) is 3.31. The molecule has 9 nitrogen and oxygen atoms in total. The summed E-state index contributed by atoms with van der Waals surface area (Å²) in [5.41, 5.74) is 0.763. The zero-order valence-corrected chi connectivity index (χ0v) is 16.2. The van der Waals surface area contributed by atoms with Crippen LogP contribution in [0.25, 0.3) is 0 Å². The predicted octanol–water partition coefficient (Wildman–Crippen LogP) is 1.34. The quantitative estimate of drug-likeness (QED) is 0.683. The van der Waals surface area contributed by atoms with Crippen LogP contribution in [0.1, 0.15) is 25.7 Å². The molecular weight excluding hydrogens is 372 g/mol. The Kier molecular flexibility index (Phi) is 6.50. The van der Waals surface area contributed by atoms with E-state index in [9.17, 15) is 9.59 Å². The van der Waals surface area contributed by atoms with Crippen molar-refractivity contribution in [2.24, 2.45) is 0 Å². The van der Waals surface area contributed by atoms with Gasteiger partial charge >= 0.3 is 11.9 Å². The maximum Gasteiger partial charge on any atom is 0.303 e. The summed E-state index contributed by atoms with van der Waals surface area (Å²) in [7, 11) is 2.99. The molecule has 6 atom stereocenters. The second kappa shape index (κ2) is 8.87. The highest BCUT2D eigenvalue weighted by molar-refractivity contribution is 5.67. The Labute approximate surface area is 162 Å². The Morgan fingerprint density at radius 2 is 1.61 bits per heavy atom. The number of rotatable bonds is 5. The van der Waals surface area contributed by atoms with Crippen molar-refractivity contribution in [3.63, 3.8) is 0 Å². The normalized spacial score (nSPS) is 32.1. The molecule has 0 aliphatic carbocycles. The Bertz CT molecular complexity index is 689. The molecule has 2 fully saturated rings. The van der Waals surface area contributed by atoms with E-state index in [1.807, 2.05) is 12.1 Å². The van der Waals surface area contributed by atoms with Crippen LogP contribution < -0.4 is 4.74 Å². The fourth-order valence-electron chi connectivity index (χ4n) is 3.31. The lowest BCUT2D eigenvalue weighted by Crippen LogP contribution is -2.64. The average Bonchev–Trinajstić information content (AvgIpc) is 2.68. The largest absolute Gasteiger partial charge is 0.497 e. The van der Waals surface area contributed by atoms with Gasteiger partial charge in [0.25, 0.3) is 0 Å². The average molecular weight is 396 g/mol. The lowest BCUT2D eigenvalue weighted by atomic mass is 9.97. The summed E-state index contributed by atoms with van der Waals surface area (Å²) >= 11 is 0. The highest BCUT2D eigenvalue weighted by atomic mass is 16.8. The molecule has 2 aliphatic rings. The number of fused-ring (bicyclic) bond motifs is 1. The summed E-state index contributed by atoms with van der Waals surface area (Å²) in [6.45, 7) is 2.72. The van der Waals surface area contributed by atoms with Crippen LogP contribution in [0.2, 0.25) is 0 Å². The standard InChI is InChI=1S/C19H24O9/c1-10(20)25-16-15-14(27-19(23-4)17(16)26-11(2)21)9-24-18(28-15)12-5-7-13(22-3)8-6-12/h5-8,14-19H,9H2,1-4H3/t14-,15-,16+,17-,18-,19+/m1/s1. The van der Waals surface area contributed by atoms with Crippen molar-refractivity contribution in [1.29, 1.82) is 0 Å². The molecule has 9 heteroatoms. The molecular formula is C19H24O9. The predicted molar refractivity (Wildman–Crippen MR) is 93.3 cm³/mol. The summed E-state index contributed by atoms with van der Waals surface area (Å²) in [4.78, 5) is 23.2. The molecule has 1 aromatic carbocycles. The van der Waals surface area contributed by atoms with Crippen molar-refractivity contribution in [2.75, 3.05) is 20.8 Å². The van der Waals surface area contributed by atoms with Crippen LogP contribution in [0.15, 0.2) is 24.3 Å². The van der Waals surface area contributed by atoms with Crippen LogP contribution in [-0.4, -0.2) is 63.5 Å². The summed E-state index contributed by atoms with van der Waals surface area (Å²) in [5, 5.41) is 0. The lowest BCUT2D eigenvalue weighted by Gasteiger charge is -2.47. The van der Waals surface area contributed by atoms with E-state index in [1.165, 1.54) is 21.0 Å². The molecule has 2 aliphatic heterocycles. The first-order valence-electron chi connectivity index (χ1n) is 8.86. The van der Waals surface area contributed by atoms with E-state index >= 15 is 0 Å². The number of carbonyl (C=O) groups excluding carboxylic acids is 2. The second-order valence-electron chi connectivity index (χ2n) is 6.47. The van der Waals surface area contributed by atoms with Gasteiger partial charge in [-0.3, -0.25) is 9.59 Å². The zero-order chi connectivity index (χ0) is 20.3. The zero-order valence-electron chi connectivity index (χ0n) is 16.2. The van der Waals surface area contributed by atoms with E-state index in [-0.39, 0.29) is 6.61 Å². The van der Waals surface area contributed by atoms with Crippen molar-refractivity contribution in [2.45, 2.75) is 50.8 Å². The van der Waals surface area contributed by atoms with E-state index in [2.05, 4.69) is 0 Å². The molecule has 0 unspecified atom stereocenters. The minimum Gasteiger partial charge on any atom is -0.497 e. The van der Waals surface area contributed by atoms with E-state index in [1.54, 1.807) is 19.2 Å². The molecule has 0 N–H and O–H groups in total. The third kappa shape index (κ3) is 4.44. The topological polar surface area (TPSA) is 98.8 Å². The molecule has 0 amide bonds. The van der Waals surface area contributed by atoms with Crippen LogP contribution in [0.4, 0.5) is 0 Å². The van der Waals surface area contributed by atoms with Gasteiger partial charge in [0, 0.05) is 26.5 Å². The maximum absolute atomic E-state index is 11.7. The number of methoxy groups -OCH3 is 2. The number of carbonyl (C=O) groups is 2. The molecule has 2 heterocycles. The minimum atomic E-state index is -0.970. The van der Waals surface area contributed by atoms with Crippen molar-refractivity contribution in [1.82, 2.24) is 0 Å². The van der Waals surface area contributed by atoms with Crippen molar-refractivity contribution in [3.8, 4) is 5.75 Å². The first kappa shape index (κ1) is 20.5. The molecule has 3 rings (SSSR count). The Balaban J connectivity index is 1.84. The Hall–Kier alpha value is -2.20. The maximum atomic E-state index is 11.7. The molecule has 0 bridgehead atoms. The van der Waals surface area contributed by atoms with Gasteiger partial charge in [0.2, 0.25) is 0 Å². The third-order valence-electron chi connectivity index (χ3n) is 4.51. The van der Waals surface area contributed by atoms with Gasteiger partial charge in [-0.05, 0) is 12.1 Å². The van der Waals surface area contributed by atoms with Crippen molar-refractivity contribution in [3.05, 3.63) is 29.8 Å². The van der Waals surface area contributed by atoms with Gasteiger partial charge in [-0.15, -0.1) is 0 Å². The smallest absolute Gasteiger partial charge is 0.303 e. The molecule has 0 aromatic heterocycles. The summed E-state index contributed by atoms with van der Waals surface area (Å²) in [6.07, 6.45) is -4.77. The van der Waals surface area contributed by atoms with Gasteiger partial charge < -0.3 is 33.2 Å². The summed E-state index contributed by atoms with van der Waals surface area (Å²) < 4.78 is 38.9. The molecule has 1 aromatic rings. The van der Waals surface area contributed by atoms with Crippen LogP contribution >= 0.6 is 0 Å². The van der Waals surface area contributed by atoms with E-state index < -0.39 is 48.9 Å². The van der Waals surface area contributed by atoms with Crippen LogP contribution in [0, 0.1) is 0 Å². The number of hydrogen-bond donors (Lipinski definition) is 0. The van der Waals surface area contributed by atoms with Gasteiger partial charge in [-0.25, -0.2) is 0 Å². The van der Waals surface area contributed by atoms with Crippen LogP contribution in [-0.2, 0) is 38.0 Å². The fraction of sp³-hybridized carbons (Fsp3) is 0.579. The molecule has 2 saturated heterocycles. The van der Waals surface area contributed by atoms with Gasteiger partial charge in [0.05, 0.1) is 13.7 Å². The van der Waals surface area contributed by atoms with Gasteiger partial charge in [0.1, 0.15) is 18.0 Å². The van der Waals surface area contributed by atoms with Crippen molar-refractivity contribution >= 4 is 11.9 Å². The van der Waals surface area contributed by atoms with E-state index in [0.717, 1.165) is 5.56 Å². The molecule has 0 radical (unpaired) electrons. The van der Waals surface area contributed by atoms with Crippen molar-refractivity contribution < 1.29 is 42.7 Å². The van der Waals surface area contributed by atoms with E-state index in [0.29, 0.717) is 5.75 Å². The number of benzene rings is 1. The molecule has 0 spiro atoms. The molecule has 28 heavy (non-hydrogen) atoms. The first-order valence-corrected chi connectivity index (χ1v) is 8.86. The van der Waals surface area contributed by atoms with Crippen LogP contribution in [0.3, 0.4) is 0 Å². The third-order valence-corrected chi connectivity index (χ3v) is 4.51. The minimum absolute atomic E-state index is 0.186. The number of esters is 2. The monoisotopic (exact) mass is 396 g/mol. The summed E-state index contributed by atoms with van der Waals surface area (Å²) in [5.74, 6) is -0.382. The van der Waals surface area contributed by atoms with E-state index in [4.69, 9.17) is 33.2 Å². The first-order chi connectivity index (χ1) is 13.4. The van der Waals surface area contributed by atoms with Gasteiger partial charge in [0.15, 0.2) is 24.8 Å². The Morgan fingerprint density at radius 3 is 2.18 bits per heavy atom. The lowest BCUT2D eigenvalue weighted by molar-refractivity contribution is -0.359. The highest BCUT2D eigenvalue weighted by Gasteiger charge is 2.53. The summed E-state index contributed by atoms with van der Waals surface area (Å²) in [6, 6.07) is 7.21. The van der Waals surface area contributed by atoms with Gasteiger partial charge in [-0.2, -0.15) is 0 Å². The number of hydrogen-bond acceptors (Lipinski definition) is 9. The second-order valence-corrected chi connectivity index (χ2v) is 6.47. The van der Waals surface area contributed by atoms with Gasteiger partial charge in [-0.1, -0.05) is 12.1 Å².